The molecule has 0 bridgehead atoms. The molecule has 38 heavy (non-hydrogen) atoms. The van der Waals surface area contributed by atoms with Gasteiger partial charge in [-0.05, 0) is 60.7 Å². The largest absolute Gasteiger partial charge is 0.486 e. The molecular formula is C30H27ClFNO5. The van der Waals surface area contributed by atoms with Crippen molar-refractivity contribution in [1.29, 1.82) is 0 Å². The van der Waals surface area contributed by atoms with Crippen molar-refractivity contribution >= 4 is 17.6 Å². The summed E-state index contributed by atoms with van der Waals surface area (Å²) in [7, 11) is 0. The minimum Gasteiger partial charge on any atom is -0.486 e. The molecule has 1 aliphatic heterocycles. The van der Waals surface area contributed by atoms with Gasteiger partial charge in [0.2, 0.25) is 5.88 Å². The predicted octanol–water partition coefficient (Wildman–Crippen LogP) is 6.36. The summed E-state index contributed by atoms with van der Waals surface area (Å²) in [6, 6.07) is 12.2. The van der Waals surface area contributed by atoms with Gasteiger partial charge in [-0.3, -0.25) is 4.79 Å². The molecule has 196 valence electrons. The Kier molecular flexibility index (Phi) is 7.82. The average molecular weight is 536 g/mol. The standard InChI is InChI=1S/C30H27ClFNO5/c1-2-3-19(15-28(34)35)18-4-6-21(7-5-18)37-27-11-9-24-23(8-10-26(32)29(24)27)20-14-25(31)30(33-16-20)38-22-12-13-36-17-22/h4-8,10,14,16,19,22,27H,9,11-13,15,17H2,1H3,(H,34,35)/t19-,22+,27+/m0/s1. The fourth-order valence-corrected chi connectivity index (χ4v) is 5.24. The molecule has 3 atom stereocenters. The third-order valence-electron chi connectivity index (χ3n) is 6.83. The quantitative estimate of drug-likeness (QED) is 0.338. The van der Waals surface area contributed by atoms with Crippen molar-refractivity contribution in [1.82, 2.24) is 4.98 Å². The van der Waals surface area contributed by atoms with Gasteiger partial charge >= 0.3 is 5.97 Å². The van der Waals surface area contributed by atoms with Crippen molar-refractivity contribution < 1.29 is 28.5 Å². The first-order valence-electron chi connectivity index (χ1n) is 12.5. The monoisotopic (exact) mass is 535 g/mol. The second-order valence-corrected chi connectivity index (χ2v) is 9.77. The topological polar surface area (TPSA) is 77.9 Å². The predicted molar refractivity (Wildman–Crippen MR) is 141 cm³/mol. The van der Waals surface area contributed by atoms with E-state index < -0.39 is 18.0 Å². The number of carboxylic acid groups (broad SMARTS) is 1. The molecule has 6 nitrogen and oxygen atoms in total. The average Bonchev–Trinajstić information content (AvgIpc) is 3.56. The number of pyridine rings is 1. The highest BCUT2D eigenvalue weighted by Crippen LogP contribution is 2.42. The van der Waals surface area contributed by atoms with Gasteiger partial charge in [-0.25, -0.2) is 9.37 Å². The maximum atomic E-state index is 15.1. The Balaban J connectivity index is 1.35. The number of aliphatic carboxylic acids is 1. The van der Waals surface area contributed by atoms with Gasteiger partial charge in [0.1, 0.15) is 28.8 Å². The molecule has 5 rings (SSSR count). The smallest absolute Gasteiger partial charge is 0.304 e. The molecule has 0 saturated carbocycles. The van der Waals surface area contributed by atoms with Gasteiger partial charge in [0.05, 0.1) is 25.6 Å². The second kappa shape index (κ2) is 11.4. The van der Waals surface area contributed by atoms with E-state index >= 15 is 4.39 Å². The van der Waals surface area contributed by atoms with Crippen LogP contribution < -0.4 is 9.47 Å². The molecule has 1 N–H and O–H groups in total. The molecule has 2 aliphatic rings. The lowest BCUT2D eigenvalue weighted by molar-refractivity contribution is -0.137. The van der Waals surface area contributed by atoms with Crippen LogP contribution >= 0.6 is 11.6 Å². The molecule has 1 aliphatic carbocycles. The van der Waals surface area contributed by atoms with Gasteiger partial charge in [0.25, 0.3) is 0 Å². The Bertz CT molecular complexity index is 1390. The van der Waals surface area contributed by atoms with Gasteiger partial charge < -0.3 is 19.3 Å². The zero-order chi connectivity index (χ0) is 26.6. The first-order valence-corrected chi connectivity index (χ1v) is 12.9. The Hall–Kier alpha value is -3.60. The van der Waals surface area contributed by atoms with Crippen molar-refractivity contribution in [3.63, 3.8) is 0 Å². The first kappa shape index (κ1) is 26.0. The molecule has 0 radical (unpaired) electrons. The maximum Gasteiger partial charge on any atom is 0.304 e. The zero-order valence-electron chi connectivity index (χ0n) is 20.9. The van der Waals surface area contributed by atoms with Crippen LogP contribution in [0.5, 0.6) is 11.6 Å². The molecule has 1 fully saturated rings. The minimum atomic E-state index is -0.908. The number of benzene rings is 2. The number of halogens is 2. The number of aromatic nitrogens is 1. The van der Waals surface area contributed by atoms with E-state index in [0.717, 1.165) is 28.7 Å². The van der Waals surface area contributed by atoms with Crippen LogP contribution in [0, 0.1) is 17.7 Å². The second-order valence-electron chi connectivity index (χ2n) is 9.36. The van der Waals surface area contributed by atoms with E-state index in [0.29, 0.717) is 48.3 Å². The normalized spacial score (nSPS) is 18.8. The van der Waals surface area contributed by atoms with Crippen molar-refractivity contribution in [3.8, 4) is 34.6 Å². The number of carboxylic acids is 1. The molecule has 1 saturated heterocycles. The highest BCUT2D eigenvalue weighted by molar-refractivity contribution is 6.32. The van der Waals surface area contributed by atoms with Gasteiger partial charge in [-0.2, -0.15) is 0 Å². The van der Waals surface area contributed by atoms with Gasteiger partial charge in [-0.15, -0.1) is 5.92 Å². The van der Waals surface area contributed by atoms with E-state index in [1.54, 1.807) is 37.4 Å². The summed E-state index contributed by atoms with van der Waals surface area (Å²) in [5, 5.41) is 9.57. The molecule has 1 aromatic heterocycles. The maximum absolute atomic E-state index is 15.1. The summed E-state index contributed by atoms with van der Waals surface area (Å²) in [5.74, 6) is 5.05. The third kappa shape index (κ3) is 5.62. The number of carbonyl (C=O) groups is 1. The van der Waals surface area contributed by atoms with E-state index in [1.807, 2.05) is 12.1 Å². The third-order valence-corrected chi connectivity index (χ3v) is 7.10. The molecule has 3 aromatic rings. The van der Waals surface area contributed by atoms with E-state index in [9.17, 15) is 9.90 Å². The number of rotatable bonds is 8. The Morgan fingerprint density at radius 1 is 1.24 bits per heavy atom. The van der Waals surface area contributed by atoms with Crippen LogP contribution in [-0.2, 0) is 16.0 Å². The molecular weight excluding hydrogens is 509 g/mol. The van der Waals surface area contributed by atoms with Crippen molar-refractivity contribution in [3.05, 3.63) is 76.2 Å². The van der Waals surface area contributed by atoms with Gasteiger partial charge in [0, 0.05) is 23.7 Å². The van der Waals surface area contributed by atoms with E-state index in [-0.39, 0.29) is 18.3 Å². The van der Waals surface area contributed by atoms with E-state index in [4.69, 9.17) is 25.8 Å². The number of fused-ring (bicyclic) bond motifs is 1. The fraction of sp³-hybridized carbons (Fsp3) is 0.333. The van der Waals surface area contributed by atoms with Crippen LogP contribution in [0.2, 0.25) is 5.02 Å². The van der Waals surface area contributed by atoms with Crippen molar-refractivity contribution in [2.24, 2.45) is 0 Å². The zero-order valence-corrected chi connectivity index (χ0v) is 21.6. The molecule has 0 unspecified atom stereocenters. The summed E-state index contributed by atoms with van der Waals surface area (Å²) in [4.78, 5) is 15.6. The highest BCUT2D eigenvalue weighted by atomic mass is 35.5. The SMILES string of the molecule is CC#C[C@@H](CC(=O)O)c1ccc(O[C@@H]2CCc3c(-c4cnc(O[C@@H]5CCOC5)c(Cl)c4)ccc(F)c32)cc1. The summed E-state index contributed by atoms with van der Waals surface area (Å²) in [5.41, 5.74) is 3.86. The lowest BCUT2D eigenvalue weighted by Crippen LogP contribution is -2.16. The Morgan fingerprint density at radius 3 is 2.74 bits per heavy atom. The molecule has 0 spiro atoms. The number of hydrogen-bond donors (Lipinski definition) is 1. The summed E-state index contributed by atoms with van der Waals surface area (Å²) in [6.07, 6.45) is 3.18. The molecule has 2 aromatic carbocycles. The Labute approximate surface area is 225 Å². The van der Waals surface area contributed by atoms with Crippen LogP contribution in [0.15, 0.2) is 48.7 Å². The number of ether oxygens (including phenoxy) is 3. The Morgan fingerprint density at radius 2 is 2.05 bits per heavy atom. The summed E-state index contributed by atoms with van der Waals surface area (Å²) >= 11 is 6.49. The van der Waals surface area contributed by atoms with Crippen molar-refractivity contribution in [2.45, 2.75) is 50.7 Å². The van der Waals surface area contributed by atoms with Gasteiger partial charge in [-0.1, -0.05) is 35.7 Å². The van der Waals surface area contributed by atoms with Crippen molar-refractivity contribution in [2.75, 3.05) is 13.2 Å². The van der Waals surface area contributed by atoms with E-state index in [1.165, 1.54) is 6.07 Å². The lowest BCUT2D eigenvalue weighted by Gasteiger charge is -2.18. The summed E-state index contributed by atoms with van der Waals surface area (Å²) in [6.45, 7) is 2.87. The number of nitrogens with zero attached hydrogens (tertiary/aromatic N) is 1. The molecule has 0 amide bonds. The minimum absolute atomic E-state index is 0.0597. The van der Waals surface area contributed by atoms with Crippen LogP contribution in [0.4, 0.5) is 4.39 Å². The van der Waals surface area contributed by atoms with Crippen LogP contribution in [0.3, 0.4) is 0 Å². The highest BCUT2D eigenvalue weighted by Gasteiger charge is 2.30. The lowest BCUT2D eigenvalue weighted by atomic mass is 9.96. The van der Waals surface area contributed by atoms with Crippen LogP contribution in [-0.4, -0.2) is 35.4 Å². The fourth-order valence-electron chi connectivity index (χ4n) is 5.03. The summed E-state index contributed by atoms with van der Waals surface area (Å²) < 4.78 is 32.5. The van der Waals surface area contributed by atoms with Crippen LogP contribution in [0.25, 0.3) is 11.1 Å². The molecule has 8 heteroatoms. The number of hydrogen-bond acceptors (Lipinski definition) is 5. The molecule has 2 heterocycles. The van der Waals surface area contributed by atoms with E-state index in [2.05, 4.69) is 16.8 Å². The van der Waals surface area contributed by atoms with Gasteiger partial charge in [0.15, 0.2) is 0 Å². The first-order chi connectivity index (χ1) is 18.4. The van der Waals surface area contributed by atoms with Crippen LogP contribution in [0.1, 0.15) is 54.9 Å².